The molecule has 1 amide bonds. The number of nitrogens with zero attached hydrogens (tertiary/aromatic N) is 3. The molecule has 1 aromatic carbocycles. The third-order valence-electron chi connectivity index (χ3n) is 4.81. The number of halogens is 4. The molecule has 0 unspecified atom stereocenters. The number of alkyl halides is 3. The summed E-state index contributed by atoms with van der Waals surface area (Å²) >= 11 is 0.972. The van der Waals surface area contributed by atoms with Crippen molar-refractivity contribution in [1.82, 2.24) is 15.0 Å². The molecule has 33 heavy (non-hydrogen) atoms. The third-order valence-corrected chi connectivity index (χ3v) is 7.57. The zero-order chi connectivity index (χ0) is 24.0. The molecule has 3 aromatic rings. The van der Waals surface area contributed by atoms with E-state index in [-0.39, 0.29) is 34.1 Å². The van der Waals surface area contributed by atoms with Crippen LogP contribution in [0.25, 0.3) is 11.3 Å². The quantitative estimate of drug-likeness (QED) is 0.478. The molecule has 3 N–H and O–H groups in total. The van der Waals surface area contributed by atoms with Crippen LogP contribution >= 0.6 is 11.3 Å². The molecule has 1 aliphatic carbocycles. The molecule has 2 heterocycles. The molecule has 0 aliphatic heterocycles. The topological polar surface area (TPSA) is 128 Å². The number of amides is 1. The van der Waals surface area contributed by atoms with E-state index in [9.17, 15) is 26.4 Å². The Morgan fingerprint density at radius 1 is 1.21 bits per heavy atom. The maximum absolute atomic E-state index is 15.2. The SMILES string of the molecule is NC(=O)c1ccc(-c2cncc(C(F)(F)F)n2)c(Cc2csc(NS(=O)(=O)C3CC3)n2)c1F. The van der Waals surface area contributed by atoms with Crippen molar-refractivity contribution in [1.29, 1.82) is 0 Å². The van der Waals surface area contributed by atoms with Gasteiger partial charge in [-0.15, -0.1) is 11.3 Å². The minimum atomic E-state index is -4.77. The van der Waals surface area contributed by atoms with E-state index in [4.69, 9.17) is 5.73 Å². The van der Waals surface area contributed by atoms with Gasteiger partial charge in [-0.05, 0) is 18.9 Å². The number of hydrogen-bond donors (Lipinski definition) is 2. The molecule has 4 rings (SSSR count). The number of nitrogens with one attached hydrogen (secondary N) is 1. The molecule has 2 aromatic heterocycles. The molecule has 14 heteroatoms. The molecule has 0 radical (unpaired) electrons. The minimum absolute atomic E-state index is 0.0378. The summed E-state index contributed by atoms with van der Waals surface area (Å²) in [4.78, 5) is 22.8. The van der Waals surface area contributed by atoms with Crippen LogP contribution in [0.15, 0.2) is 29.9 Å². The summed E-state index contributed by atoms with van der Waals surface area (Å²) in [5, 5.41) is 1.08. The van der Waals surface area contributed by atoms with Crippen LogP contribution in [0, 0.1) is 5.82 Å². The van der Waals surface area contributed by atoms with Gasteiger partial charge in [0.1, 0.15) is 5.82 Å². The first kappa shape index (κ1) is 23.0. The van der Waals surface area contributed by atoms with Gasteiger partial charge in [0.05, 0.1) is 34.6 Å². The number of aromatic nitrogens is 3. The predicted octanol–water partition coefficient (Wildman–Crippen LogP) is 3.35. The Morgan fingerprint density at radius 3 is 2.58 bits per heavy atom. The van der Waals surface area contributed by atoms with Crippen molar-refractivity contribution in [2.75, 3.05) is 4.72 Å². The smallest absolute Gasteiger partial charge is 0.366 e. The van der Waals surface area contributed by atoms with Gasteiger partial charge in [-0.2, -0.15) is 13.2 Å². The maximum Gasteiger partial charge on any atom is 0.434 e. The van der Waals surface area contributed by atoms with Crippen LogP contribution in [0.4, 0.5) is 22.7 Å². The predicted molar refractivity (Wildman–Crippen MR) is 111 cm³/mol. The van der Waals surface area contributed by atoms with Crippen LogP contribution < -0.4 is 10.5 Å². The summed E-state index contributed by atoms with van der Waals surface area (Å²) in [7, 11) is -3.56. The highest BCUT2D eigenvalue weighted by atomic mass is 32.2. The molecule has 0 atom stereocenters. The second-order valence-corrected chi connectivity index (χ2v) is 10.1. The number of rotatable bonds is 7. The number of benzene rings is 1. The first-order valence-corrected chi connectivity index (χ1v) is 11.8. The molecule has 8 nitrogen and oxygen atoms in total. The molecule has 0 saturated heterocycles. The first-order valence-electron chi connectivity index (χ1n) is 9.42. The highest BCUT2D eigenvalue weighted by Crippen LogP contribution is 2.33. The monoisotopic (exact) mass is 501 g/mol. The van der Waals surface area contributed by atoms with E-state index in [0.29, 0.717) is 19.0 Å². The van der Waals surface area contributed by atoms with Crippen molar-refractivity contribution < 1.29 is 30.8 Å². The average molecular weight is 501 g/mol. The van der Waals surface area contributed by atoms with Crippen molar-refractivity contribution in [2.24, 2.45) is 5.73 Å². The second kappa shape index (κ2) is 8.33. The highest BCUT2D eigenvalue weighted by molar-refractivity contribution is 7.93. The number of carbonyl (C=O) groups is 1. The molecular formula is C19H15F4N5O3S2. The van der Waals surface area contributed by atoms with Crippen LogP contribution in [-0.4, -0.2) is 34.5 Å². The Bertz CT molecular complexity index is 1340. The molecule has 0 spiro atoms. The summed E-state index contributed by atoms with van der Waals surface area (Å²) < 4.78 is 81.0. The van der Waals surface area contributed by atoms with E-state index in [0.717, 1.165) is 23.6 Å². The van der Waals surface area contributed by atoms with Crippen LogP contribution in [0.5, 0.6) is 0 Å². The van der Waals surface area contributed by atoms with Crippen LogP contribution in [-0.2, 0) is 22.6 Å². The van der Waals surface area contributed by atoms with Crippen molar-refractivity contribution in [3.8, 4) is 11.3 Å². The fraction of sp³-hybridized carbons (Fsp3) is 0.263. The molecule has 1 aliphatic rings. The zero-order valence-corrected chi connectivity index (χ0v) is 18.2. The maximum atomic E-state index is 15.2. The van der Waals surface area contributed by atoms with Gasteiger partial charge in [0.2, 0.25) is 10.0 Å². The Morgan fingerprint density at radius 2 is 1.94 bits per heavy atom. The molecule has 0 bridgehead atoms. The number of sulfonamides is 1. The lowest BCUT2D eigenvalue weighted by Crippen LogP contribution is -2.17. The summed E-state index contributed by atoms with van der Waals surface area (Å²) in [6.45, 7) is 0. The normalized spacial score (nSPS) is 14.3. The molecule has 1 fully saturated rings. The van der Waals surface area contributed by atoms with Crippen molar-refractivity contribution in [3.63, 3.8) is 0 Å². The third kappa shape index (κ3) is 4.95. The largest absolute Gasteiger partial charge is 0.434 e. The van der Waals surface area contributed by atoms with Gasteiger partial charge in [-0.3, -0.25) is 14.5 Å². The Kier molecular flexibility index (Phi) is 5.82. The van der Waals surface area contributed by atoms with Gasteiger partial charge in [0.15, 0.2) is 10.8 Å². The van der Waals surface area contributed by atoms with Gasteiger partial charge < -0.3 is 5.73 Å². The van der Waals surface area contributed by atoms with Crippen molar-refractivity contribution >= 4 is 32.4 Å². The number of thiazole rings is 1. The van der Waals surface area contributed by atoms with Crippen molar-refractivity contribution in [2.45, 2.75) is 30.7 Å². The fourth-order valence-electron chi connectivity index (χ4n) is 3.06. The average Bonchev–Trinajstić information content (AvgIpc) is 3.51. The summed E-state index contributed by atoms with van der Waals surface area (Å²) in [6, 6.07) is 2.28. The molecule has 174 valence electrons. The number of hydrogen-bond acceptors (Lipinski definition) is 7. The highest BCUT2D eigenvalue weighted by Gasteiger charge is 2.36. The van der Waals surface area contributed by atoms with Gasteiger partial charge in [-0.25, -0.2) is 22.8 Å². The number of carbonyl (C=O) groups excluding carboxylic acids is 1. The fourth-order valence-corrected chi connectivity index (χ4v) is 5.36. The van der Waals surface area contributed by atoms with Gasteiger partial charge >= 0.3 is 6.18 Å². The second-order valence-electron chi connectivity index (χ2n) is 7.27. The Labute approximate surface area is 189 Å². The van der Waals surface area contributed by atoms with Gasteiger partial charge in [-0.1, -0.05) is 6.07 Å². The molecular weight excluding hydrogens is 486 g/mol. The van der Waals surface area contributed by atoms with Gasteiger partial charge in [0, 0.05) is 22.9 Å². The van der Waals surface area contributed by atoms with E-state index >= 15 is 4.39 Å². The van der Waals surface area contributed by atoms with E-state index in [1.165, 1.54) is 11.4 Å². The zero-order valence-electron chi connectivity index (χ0n) is 16.6. The summed E-state index contributed by atoms with van der Waals surface area (Å²) in [5.74, 6) is -2.10. The lowest BCUT2D eigenvalue weighted by atomic mass is 9.96. The standard InChI is InChI=1S/C19H15F4N5O3S2/c20-16-12(17(24)29)4-3-11(14-6-25-7-15(27-14)19(21,22)23)13(16)5-9-8-32-18(26-9)28-33(30,31)10-1-2-10/h3-4,6-8,10H,1-2,5H2,(H2,24,29)(H,26,28). The lowest BCUT2D eigenvalue weighted by Gasteiger charge is -2.13. The number of primary amides is 1. The van der Waals surface area contributed by atoms with Crippen LogP contribution in [0.3, 0.4) is 0 Å². The molecule has 1 saturated carbocycles. The van der Waals surface area contributed by atoms with E-state index in [2.05, 4.69) is 19.7 Å². The minimum Gasteiger partial charge on any atom is -0.366 e. The summed E-state index contributed by atoms with van der Waals surface area (Å²) in [5.41, 5.74) is 3.23. The number of anilines is 1. The Hall–Kier alpha value is -3.13. The van der Waals surface area contributed by atoms with Crippen LogP contribution in [0.2, 0.25) is 0 Å². The van der Waals surface area contributed by atoms with Crippen LogP contribution in [0.1, 0.15) is 40.2 Å². The van der Waals surface area contributed by atoms with E-state index in [1.54, 1.807) is 0 Å². The first-order chi connectivity index (χ1) is 15.5. The Balaban J connectivity index is 1.73. The van der Waals surface area contributed by atoms with Gasteiger partial charge in [0.25, 0.3) is 5.91 Å². The number of nitrogens with two attached hydrogens (primary N) is 1. The van der Waals surface area contributed by atoms with E-state index in [1.807, 2.05) is 0 Å². The van der Waals surface area contributed by atoms with E-state index < -0.39 is 44.4 Å². The van der Waals surface area contributed by atoms with Crippen molar-refractivity contribution in [3.05, 3.63) is 58.2 Å². The lowest BCUT2D eigenvalue weighted by molar-refractivity contribution is -0.141. The summed E-state index contributed by atoms with van der Waals surface area (Å²) in [6.07, 6.45) is -2.34.